The molecule has 2 aromatic rings. The number of carboxylic acid groups (broad SMARTS) is 1. The van der Waals surface area contributed by atoms with Crippen molar-refractivity contribution in [1.82, 2.24) is 0 Å². The number of aryl methyl sites for hydroxylation is 1. The Morgan fingerprint density at radius 2 is 1.90 bits per heavy atom. The summed E-state index contributed by atoms with van der Waals surface area (Å²) in [7, 11) is 1.48. The summed E-state index contributed by atoms with van der Waals surface area (Å²) in [6.07, 6.45) is 0. The molecule has 2 rings (SSSR count). The van der Waals surface area contributed by atoms with Gasteiger partial charge in [0.15, 0.2) is 0 Å². The summed E-state index contributed by atoms with van der Waals surface area (Å²) in [4.78, 5) is 11.2. The summed E-state index contributed by atoms with van der Waals surface area (Å²) in [5.74, 6) is -0.753. The predicted molar refractivity (Wildman–Crippen MR) is 75.4 cm³/mol. The molecule has 0 spiro atoms. The van der Waals surface area contributed by atoms with Crippen molar-refractivity contribution in [2.75, 3.05) is 7.11 Å². The molecule has 1 N–H and O–H groups in total. The van der Waals surface area contributed by atoms with Crippen LogP contribution in [0.5, 0.6) is 11.5 Å². The minimum absolute atomic E-state index is 0.0181. The van der Waals surface area contributed by atoms with Gasteiger partial charge in [0.1, 0.15) is 29.5 Å². The Kier molecular flexibility index (Phi) is 4.42. The zero-order valence-corrected chi connectivity index (χ0v) is 11.7. The van der Waals surface area contributed by atoms with E-state index in [0.29, 0.717) is 11.3 Å². The van der Waals surface area contributed by atoms with Crippen molar-refractivity contribution in [3.05, 3.63) is 58.9 Å². The summed E-state index contributed by atoms with van der Waals surface area (Å²) in [5.41, 5.74) is 1.41. The van der Waals surface area contributed by atoms with E-state index in [1.54, 1.807) is 19.1 Å². The molecule has 2 aromatic carbocycles. The molecule has 5 heteroatoms. The SMILES string of the molecule is COc1ccc(F)cc1COc1ccc(C)cc1C(=O)O. The predicted octanol–water partition coefficient (Wildman–Crippen LogP) is 3.42. The van der Waals surface area contributed by atoms with E-state index >= 15 is 0 Å². The molecule has 0 aliphatic heterocycles. The highest BCUT2D eigenvalue weighted by Crippen LogP contribution is 2.24. The highest BCUT2D eigenvalue weighted by molar-refractivity contribution is 5.91. The fourth-order valence-corrected chi connectivity index (χ4v) is 1.95. The van der Waals surface area contributed by atoms with Crippen LogP contribution < -0.4 is 9.47 Å². The normalized spacial score (nSPS) is 10.2. The number of hydrogen-bond donors (Lipinski definition) is 1. The molecule has 0 saturated heterocycles. The zero-order chi connectivity index (χ0) is 15.4. The lowest BCUT2D eigenvalue weighted by Crippen LogP contribution is -2.05. The molecule has 0 saturated carbocycles. The Hall–Kier alpha value is -2.56. The molecule has 21 heavy (non-hydrogen) atoms. The van der Waals surface area contributed by atoms with Crippen molar-refractivity contribution < 1.29 is 23.8 Å². The van der Waals surface area contributed by atoms with E-state index in [-0.39, 0.29) is 17.9 Å². The van der Waals surface area contributed by atoms with Gasteiger partial charge in [0, 0.05) is 5.56 Å². The fraction of sp³-hybridized carbons (Fsp3) is 0.188. The molecule has 110 valence electrons. The van der Waals surface area contributed by atoms with E-state index < -0.39 is 11.8 Å². The molecule has 0 heterocycles. The summed E-state index contributed by atoms with van der Waals surface area (Å²) in [6, 6.07) is 8.96. The molecule has 0 aliphatic carbocycles. The molecule has 0 amide bonds. The summed E-state index contributed by atoms with van der Waals surface area (Å²) >= 11 is 0. The number of hydrogen-bond acceptors (Lipinski definition) is 3. The minimum atomic E-state index is -1.07. The van der Waals surface area contributed by atoms with Gasteiger partial charge >= 0.3 is 5.97 Å². The van der Waals surface area contributed by atoms with Gasteiger partial charge in [0.25, 0.3) is 0 Å². The minimum Gasteiger partial charge on any atom is -0.496 e. The van der Waals surface area contributed by atoms with Crippen LogP contribution in [0, 0.1) is 12.7 Å². The third-order valence-corrected chi connectivity index (χ3v) is 2.99. The zero-order valence-electron chi connectivity index (χ0n) is 11.7. The second-order valence-electron chi connectivity index (χ2n) is 4.55. The van der Waals surface area contributed by atoms with E-state index in [1.165, 1.54) is 31.4 Å². The van der Waals surface area contributed by atoms with Gasteiger partial charge in [0.05, 0.1) is 7.11 Å². The summed E-state index contributed by atoms with van der Waals surface area (Å²) < 4.78 is 23.9. The Balaban J connectivity index is 2.24. The Morgan fingerprint density at radius 1 is 1.19 bits per heavy atom. The molecular weight excluding hydrogens is 275 g/mol. The Labute approximate surface area is 121 Å². The number of rotatable bonds is 5. The Morgan fingerprint density at radius 3 is 2.57 bits per heavy atom. The number of halogens is 1. The van der Waals surface area contributed by atoms with E-state index in [9.17, 15) is 9.18 Å². The number of aromatic carboxylic acids is 1. The van der Waals surface area contributed by atoms with Crippen LogP contribution in [-0.4, -0.2) is 18.2 Å². The maximum Gasteiger partial charge on any atom is 0.339 e. The van der Waals surface area contributed by atoms with Crippen LogP contribution in [0.2, 0.25) is 0 Å². The summed E-state index contributed by atoms with van der Waals surface area (Å²) in [6.45, 7) is 1.82. The molecule has 0 aliphatic rings. The van der Waals surface area contributed by atoms with Gasteiger partial charge in [-0.25, -0.2) is 9.18 Å². The number of benzene rings is 2. The third-order valence-electron chi connectivity index (χ3n) is 2.99. The number of carbonyl (C=O) groups is 1. The lowest BCUT2D eigenvalue weighted by molar-refractivity contribution is 0.0691. The molecule has 0 unspecified atom stereocenters. The van der Waals surface area contributed by atoms with E-state index in [1.807, 2.05) is 0 Å². The van der Waals surface area contributed by atoms with Gasteiger partial charge in [-0.05, 0) is 37.3 Å². The number of carboxylic acids is 1. The molecule has 4 nitrogen and oxygen atoms in total. The first-order valence-corrected chi connectivity index (χ1v) is 6.30. The van der Waals surface area contributed by atoms with Crippen LogP contribution in [0.4, 0.5) is 4.39 Å². The van der Waals surface area contributed by atoms with Gasteiger partial charge in [-0.15, -0.1) is 0 Å². The third kappa shape index (κ3) is 3.51. The largest absolute Gasteiger partial charge is 0.496 e. The van der Waals surface area contributed by atoms with Crippen LogP contribution in [0.15, 0.2) is 36.4 Å². The first-order valence-electron chi connectivity index (χ1n) is 6.30. The smallest absolute Gasteiger partial charge is 0.339 e. The maximum absolute atomic E-state index is 13.3. The fourth-order valence-electron chi connectivity index (χ4n) is 1.95. The number of ether oxygens (including phenoxy) is 2. The van der Waals surface area contributed by atoms with E-state index in [2.05, 4.69) is 0 Å². The van der Waals surface area contributed by atoms with Crippen molar-refractivity contribution in [3.63, 3.8) is 0 Å². The topological polar surface area (TPSA) is 55.8 Å². The molecular formula is C16H15FO4. The quantitative estimate of drug-likeness (QED) is 0.916. The average molecular weight is 290 g/mol. The number of methoxy groups -OCH3 is 1. The van der Waals surface area contributed by atoms with E-state index in [0.717, 1.165) is 5.56 Å². The van der Waals surface area contributed by atoms with Gasteiger partial charge in [-0.3, -0.25) is 0 Å². The van der Waals surface area contributed by atoms with Crippen molar-refractivity contribution in [2.45, 2.75) is 13.5 Å². The van der Waals surface area contributed by atoms with Crippen molar-refractivity contribution in [2.24, 2.45) is 0 Å². The van der Waals surface area contributed by atoms with Crippen molar-refractivity contribution in [3.8, 4) is 11.5 Å². The lowest BCUT2D eigenvalue weighted by atomic mass is 10.1. The van der Waals surface area contributed by atoms with Crippen LogP contribution in [0.25, 0.3) is 0 Å². The van der Waals surface area contributed by atoms with E-state index in [4.69, 9.17) is 14.6 Å². The van der Waals surface area contributed by atoms with Gasteiger partial charge in [-0.1, -0.05) is 11.6 Å². The van der Waals surface area contributed by atoms with Crippen molar-refractivity contribution in [1.29, 1.82) is 0 Å². The molecule has 0 bridgehead atoms. The lowest BCUT2D eigenvalue weighted by Gasteiger charge is -2.12. The van der Waals surface area contributed by atoms with Gasteiger partial charge in [0.2, 0.25) is 0 Å². The molecule has 0 radical (unpaired) electrons. The van der Waals surface area contributed by atoms with Crippen LogP contribution in [-0.2, 0) is 6.61 Å². The van der Waals surface area contributed by atoms with Crippen LogP contribution in [0.1, 0.15) is 21.5 Å². The average Bonchev–Trinajstić information content (AvgIpc) is 2.46. The highest BCUT2D eigenvalue weighted by atomic mass is 19.1. The monoisotopic (exact) mass is 290 g/mol. The maximum atomic E-state index is 13.3. The highest BCUT2D eigenvalue weighted by Gasteiger charge is 2.13. The van der Waals surface area contributed by atoms with Gasteiger partial charge < -0.3 is 14.6 Å². The van der Waals surface area contributed by atoms with Crippen molar-refractivity contribution >= 4 is 5.97 Å². The van der Waals surface area contributed by atoms with Gasteiger partial charge in [-0.2, -0.15) is 0 Å². The molecule has 0 aromatic heterocycles. The standard InChI is InChI=1S/C16H15FO4/c1-10-3-5-15(13(7-10)16(18)19)21-9-11-8-12(17)4-6-14(11)20-2/h3-8H,9H2,1-2H3,(H,18,19). The first kappa shape index (κ1) is 14.8. The first-order chi connectivity index (χ1) is 10.0. The second kappa shape index (κ2) is 6.26. The Bertz CT molecular complexity index is 667. The molecule has 0 fully saturated rings. The second-order valence-corrected chi connectivity index (χ2v) is 4.55. The summed E-state index contributed by atoms with van der Waals surface area (Å²) in [5, 5.41) is 9.17. The van der Waals surface area contributed by atoms with Crippen LogP contribution >= 0.6 is 0 Å². The molecule has 0 atom stereocenters. The van der Waals surface area contributed by atoms with Crippen LogP contribution in [0.3, 0.4) is 0 Å².